The summed E-state index contributed by atoms with van der Waals surface area (Å²) in [6.07, 6.45) is -4.55. The fourth-order valence-corrected chi connectivity index (χ4v) is 2.41. The fourth-order valence-electron chi connectivity index (χ4n) is 2.41. The van der Waals surface area contributed by atoms with E-state index in [-0.39, 0.29) is 5.56 Å². The minimum Gasteiger partial charge on any atom is -0.294 e. The first-order valence-electron chi connectivity index (χ1n) is 6.49. The summed E-state index contributed by atoms with van der Waals surface area (Å²) >= 11 is 0. The Bertz CT molecular complexity index is 679. The molecular weight excluding hydrogens is 277 g/mol. The van der Waals surface area contributed by atoms with Gasteiger partial charge in [-0.3, -0.25) is 4.79 Å². The molecule has 0 N–H and O–H groups in total. The molecule has 21 heavy (non-hydrogen) atoms. The smallest absolute Gasteiger partial charge is 0.294 e. The van der Waals surface area contributed by atoms with E-state index in [0.717, 1.165) is 24.1 Å². The Hall–Kier alpha value is -2.10. The lowest BCUT2D eigenvalue weighted by molar-refractivity contribution is -0.137. The molecule has 2 rings (SSSR count). The second-order valence-corrected chi connectivity index (χ2v) is 5.19. The highest BCUT2D eigenvalue weighted by Crippen LogP contribution is 2.35. The lowest BCUT2D eigenvalue weighted by Crippen LogP contribution is -2.11. The van der Waals surface area contributed by atoms with E-state index in [2.05, 4.69) is 0 Å². The summed E-state index contributed by atoms with van der Waals surface area (Å²) in [6, 6.07) is 9.47. The number of carbonyl (C=O) groups is 1. The Kier molecular flexibility index (Phi) is 3.90. The molecule has 1 nitrogen and oxygen atoms in total. The zero-order valence-corrected chi connectivity index (χ0v) is 12.0. The summed E-state index contributed by atoms with van der Waals surface area (Å²) in [4.78, 5) is 11.4. The summed E-state index contributed by atoms with van der Waals surface area (Å²) in [5.74, 6) is -0.589. The van der Waals surface area contributed by atoms with Crippen LogP contribution in [0.5, 0.6) is 0 Å². The van der Waals surface area contributed by atoms with Crippen LogP contribution in [0.1, 0.15) is 34.0 Å². The molecule has 0 amide bonds. The van der Waals surface area contributed by atoms with Crippen LogP contribution < -0.4 is 0 Å². The van der Waals surface area contributed by atoms with Gasteiger partial charge in [-0.25, -0.2) is 0 Å². The molecule has 0 fully saturated rings. The molecule has 0 atom stereocenters. The van der Waals surface area contributed by atoms with Crippen molar-refractivity contribution in [3.05, 3.63) is 58.7 Å². The van der Waals surface area contributed by atoms with Crippen LogP contribution in [-0.2, 0) is 6.18 Å². The van der Waals surface area contributed by atoms with Crippen molar-refractivity contribution >= 4 is 5.78 Å². The Morgan fingerprint density at radius 1 is 0.905 bits per heavy atom. The van der Waals surface area contributed by atoms with Crippen LogP contribution in [0.25, 0.3) is 11.1 Å². The number of aryl methyl sites for hydroxylation is 2. The van der Waals surface area contributed by atoms with E-state index in [1.165, 1.54) is 6.07 Å². The predicted octanol–water partition coefficient (Wildman–Crippen LogP) is 5.19. The van der Waals surface area contributed by atoms with Crippen molar-refractivity contribution in [1.29, 1.82) is 0 Å². The molecule has 0 saturated carbocycles. The van der Waals surface area contributed by atoms with E-state index in [1.54, 1.807) is 6.07 Å². The second kappa shape index (κ2) is 5.35. The molecule has 2 aromatic rings. The molecule has 0 aliphatic heterocycles. The first-order chi connectivity index (χ1) is 9.68. The first-order valence-corrected chi connectivity index (χ1v) is 6.49. The first kappa shape index (κ1) is 15.3. The van der Waals surface area contributed by atoms with E-state index in [9.17, 15) is 18.0 Å². The molecule has 0 saturated heterocycles. The number of ketones is 1. The van der Waals surface area contributed by atoms with Gasteiger partial charge in [0, 0.05) is 5.56 Å². The molecule has 2 aromatic carbocycles. The standard InChI is InChI=1S/C17H15F3O/c1-10-6-11(2)8-14(7-10)13-4-5-15(12(3)21)16(9-13)17(18,19)20/h4-9H,1-3H3. The topological polar surface area (TPSA) is 17.1 Å². The molecule has 0 unspecified atom stereocenters. The SMILES string of the molecule is CC(=O)c1ccc(-c2cc(C)cc(C)c2)cc1C(F)(F)F. The van der Waals surface area contributed by atoms with Crippen LogP contribution in [-0.4, -0.2) is 5.78 Å². The van der Waals surface area contributed by atoms with Crippen molar-refractivity contribution in [2.75, 3.05) is 0 Å². The van der Waals surface area contributed by atoms with Gasteiger partial charge < -0.3 is 0 Å². The molecule has 4 heteroatoms. The number of hydrogen-bond acceptors (Lipinski definition) is 1. The number of carbonyl (C=O) groups excluding carboxylic acids is 1. The molecule has 110 valence electrons. The summed E-state index contributed by atoms with van der Waals surface area (Å²) in [7, 11) is 0. The number of rotatable bonds is 2. The fraction of sp³-hybridized carbons (Fsp3) is 0.235. The maximum absolute atomic E-state index is 13.1. The van der Waals surface area contributed by atoms with Crippen LogP contribution in [0.4, 0.5) is 13.2 Å². The summed E-state index contributed by atoms with van der Waals surface area (Å²) < 4.78 is 39.3. The van der Waals surface area contributed by atoms with E-state index < -0.39 is 17.5 Å². The van der Waals surface area contributed by atoms with Gasteiger partial charge in [-0.1, -0.05) is 41.5 Å². The van der Waals surface area contributed by atoms with Crippen LogP contribution in [0, 0.1) is 13.8 Å². The van der Waals surface area contributed by atoms with Crippen molar-refractivity contribution in [3.63, 3.8) is 0 Å². The van der Waals surface area contributed by atoms with E-state index in [4.69, 9.17) is 0 Å². The van der Waals surface area contributed by atoms with Gasteiger partial charge in [0.05, 0.1) is 5.56 Å². The quantitative estimate of drug-likeness (QED) is 0.696. The van der Waals surface area contributed by atoms with Gasteiger partial charge in [0.1, 0.15) is 0 Å². The summed E-state index contributed by atoms with van der Waals surface area (Å²) in [6.45, 7) is 4.93. The van der Waals surface area contributed by atoms with Crippen LogP contribution in [0.3, 0.4) is 0 Å². The van der Waals surface area contributed by atoms with Gasteiger partial charge in [-0.05, 0) is 38.0 Å². The molecule has 0 bridgehead atoms. The minimum atomic E-state index is -4.55. The number of benzene rings is 2. The largest absolute Gasteiger partial charge is 0.417 e. The van der Waals surface area contributed by atoms with Crippen molar-refractivity contribution in [3.8, 4) is 11.1 Å². The highest BCUT2D eigenvalue weighted by molar-refractivity contribution is 5.96. The Morgan fingerprint density at radius 2 is 1.48 bits per heavy atom. The molecule has 0 aliphatic rings. The second-order valence-electron chi connectivity index (χ2n) is 5.19. The van der Waals surface area contributed by atoms with Crippen LogP contribution in [0.15, 0.2) is 36.4 Å². The monoisotopic (exact) mass is 292 g/mol. The lowest BCUT2D eigenvalue weighted by Gasteiger charge is -2.13. The van der Waals surface area contributed by atoms with E-state index >= 15 is 0 Å². The van der Waals surface area contributed by atoms with E-state index in [1.807, 2.05) is 32.0 Å². The highest BCUT2D eigenvalue weighted by Gasteiger charge is 2.34. The van der Waals surface area contributed by atoms with Crippen molar-refractivity contribution < 1.29 is 18.0 Å². The van der Waals surface area contributed by atoms with Crippen LogP contribution in [0.2, 0.25) is 0 Å². The Balaban J connectivity index is 2.64. The predicted molar refractivity (Wildman–Crippen MR) is 76.4 cm³/mol. The number of alkyl halides is 3. The molecule has 0 radical (unpaired) electrons. The molecule has 0 aliphatic carbocycles. The van der Waals surface area contributed by atoms with Gasteiger partial charge >= 0.3 is 6.18 Å². The third kappa shape index (κ3) is 3.32. The average molecular weight is 292 g/mol. The zero-order valence-electron chi connectivity index (χ0n) is 12.0. The maximum atomic E-state index is 13.1. The summed E-state index contributed by atoms with van der Waals surface area (Å²) in [5.41, 5.74) is 1.96. The normalized spacial score (nSPS) is 11.5. The van der Waals surface area contributed by atoms with Crippen molar-refractivity contribution in [1.82, 2.24) is 0 Å². The minimum absolute atomic E-state index is 0.296. The van der Waals surface area contributed by atoms with Gasteiger partial charge in [0.2, 0.25) is 0 Å². The Morgan fingerprint density at radius 3 is 1.95 bits per heavy atom. The molecular formula is C17H15F3O. The van der Waals surface area contributed by atoms with Gasteiger partial charge in [0.25, 0.3) is 0 Å². The highest BCUT2D eigenvalue weighted by atomic mass is 19.4. The third-order valence-electron chi connectivity index (χ3n) is 3.26. The number of halogens is 3. The molecule has 0 spiro atoms. The number of Topliss-reactive ketones (excluding diaryl/α,β-unsaturated/α-hetero) is 1. The average Bonchev–Trinajstić information content (AvgIpc) is 2.35. The van der Waals surface area contributed by atoms with Gasteiger partial charge in [0.15, 0.2) is 5.78 Å². The van der Waals surface area contributed by atoms with E-state index in [0.29, 0.717) is 11.1 Å². The Labute approximate surface area is 121 Å². The third-order valence-corrected chi connectivity index (χ3v) is 3.26. The summed E-state index contributed by atoms with van der Waals surface area (Å²) in [5, 5.41) is 0. The molecule has 0 aromatic heterocycles. The molecule has 0 heterocycles. The lowest BCUT2D eigenvalue weighted by atomic mass is 9.95. The maximum Gasteiger partial charge on any atom is 0.417 e. The van der Waals surface area contributed by atoms with Gasteiger partial charge in [-0.2, -0.15) is 13.2 Å². The van der Waals surface area contributed by atoms with Gasteiger partial charge in [-0.15, -0.1) is 0 Å². The van der Waals surface area contributed by atoms with Crippen molar-refractivity contribution in [2.24, 2.45) is 0 Å². The zero-order chi connectivity index (χ0) is 15.8. The number of hydrogen-bond donors (Lipinski definition) is 0. The van der Waals surface area contributed by atoms with Crippen LogP contribution >= 0.6 is 0 Å². The van der Waals surface area contributed by atoms with Crippen molar-refractivity contribution in [2.45, 2.75) is 26.9 Å².